The molecule has 0 unspecified atom stereocenters. The van der Waals surface area contributed by atoms with E-state index in [1.165, 1.54) is 21.2 Å². The lowest BCUT2D eigenvalue weighted by Gasteiger charge is -2.40. The first kappa shape index (κ1) is 24.3. The van der Waals surface area contributed by atoms with Gasteiger partial charge in [-0.15, -0.1) is 0 Å². The molecular formula is C28H30N6O3. The van der Waals surface area contributed by atoms with Crippen LogP contribution >= 0.6 is 0 Å². The summed E-state index contributed by atoms with van der Waals surface area (Å²) in [4.78, 5) is 43.8. The Morgan fingerprint density at radius 1 is 1.11 bits per heavy atom. The van der Waals surface area contributed by atoms with Crippen LogP contribution in [0.1, 0.15) is 44.6 Å². The van der Waals surface area contributed by atoms with Crippen molar-refractivity contribution >= 4 is 28.6 Å². The van der Waals surface area contributed by atoms with Crippen LogP contribution in [0.15, 0.2) is 60.8 Å². The molecule has 1 aliphatic rings. The van der Waals surface area contributed by atoms with Crippen molar-refractivity contribution in [1.82, 2.24) is 30.3 Å². The maximum atomic E-state index is 13.1. The molecule has 5 rings (SSSR count). The van der Waals surface area contributed by atoms with Crippen LogP contribution in [-0.4, -0.2) is 56.5 Å². The van der Waals surface area contributed by atoms with E-state index in [0.29, 0.717) is 19.5 Å². The van der Waals surface area contributed by atoms with Crippen LogP contribution in [0.3, 0.4) is 0 Å². The monoisotopic (exact) mass is 498 g/mol. The number of aryl methyl sites for hydroxylation is 1. The summed E-state index contributed by atoms with van der Waals surface area (Å²) in [5, 5.41) is 11.3. The number of carbonyl (C=O) groups excluding carboxylic acids is 3. The zero-order valence-corrected chi connectivity index (χ0v) is 21.2. The molecule has 0 aliphatic carbocycles. The van der Waals surface area contributed by atoms with E-state index in [0.717, 1.165) is 22.0 Å². The fraction of sp³-hybridized carbons (Fsp3) is 0.286. The zero-order valence-electron chi connectivity index (χ0n) is 21.2. The van der Waals surface area contributed by atoms with Gasteiger partial charge < -0.3 is 20.5 Å². The van der Waals surface area contributed by atoms with Gasteiger partial charge in [0.25, 0.3) is 11.8 Å². The lowest BCUT2D eigenvalue weighted by molar-refractivity contribution is -0.132. The Hall–Kier alpha value is -4.40. The van der Waals surface area contributed by atoms with Crippen molar-refractivity contribution in [3.8, 4) is 0 Å². The molecule has 0 bridgehead atoms. The van der Waals surface area contributed by atoms with Crippen molar-refractivity contribution in [1.29, 1.82) is 0 Å². The van der Waals surface area contributed by atoms with Gasteiger partial charge in [0.05, 0.1) is 6.54 Å². The van der Waals surface area contributed by atoms with Crippen molar-refractivity contribution in [2.75, 3.05) is 13.6 Å². The molecule has 0 spiro atoms. The molecule has 0 radical (unpaired) electrons. The van der Waals surface area contributed by atoms with Gasteiger partial charge in [0.2, 0.25) is 5.91 Å². The summed E-state index contributed by atoms with van der Waals surface area (Å²) in [5.41, 5.74) is 3.62. The SMILES string of the molecule is Cc1ccc2[nH]cc(CCNC(=O)c3cc4n(n3)C[C@@](C)(C(=O)NCc3ccccc3)N(C)C4=O)c2c1. The number of carbonyl (C=O) groups is 3. The Labute approximate surface area is 214 Å². The predicted octanol–water partition coefficient (Wildman–Crippen LogP) is 2.81. The average molecular weight is 499 g/mol. The first-order chi connectivity index (χ1) is 17.8. The van der Waals surface area contributed by atoms with Crippen molar-refractivity contribution in [3.63, 3.8) is 0 Å². The lowest BCUT2D eigenvalue weighted by atomic mass is 9.96. The lowest BCUT2D eigenvalue weighted by Crippen LogP contribution is -2.62. The van der Waals surface area contributed by atoms with E-state index in [2.05, 4.69) is 39.8 Å². The Morgan fingerprint density at radius 2 is 1.89 bits per heavy atom. The quantitative estimate of drug-likeness (QED) is 0.364. The van der Waals surface area contributed by atoms with Gasteiger partial charge in [0, 0.05) is 43.3 Å². The normalized spacial score (nSPS) is 17.1. The van der Waals surface area contributed by atoms with Crippen molar-refractivity contribution < 1.29 is 14.4 Å². The summed E-state index contributed by atoms with van der Waals surface area (Å²) >= 11 is 0. The summed E-state index contributed by atoms with van der Waals surface area (Å²) in [6.07, 6.45) is 2.62. The average Bonchev–Trinajstić information content (AvgIpc) is 3.50. The number of nitrogens with one attached hydrogen (secondary N) is 3. The van der Waals surface area contributed by atoms with E-state index in [4.69, 9.17) is 0 Å². The maximum Gasteiger partial charge on any atom is 0.272 e. The molecule has 2 aromatic heterocycles. The first-order valence-electron chi connectivity index (χ1n) is 12.3. The van der Waals surface area contributed by atoms with Crippen molar-refractivity contribution in [3.05, 3.63) is 88.9 Å². The van der Waals surface area contributed by atoms with Gasteiger partial charge >= 0.3 is 0 Å². The van der Waals surface area contributed by atoms with Crippen molar-refractivity contribution in [2.24, 2.45) is 0 Å². The molecule has 2 aromatic carbocycles. The number of fused-ring (bicyclic) bond motifs is 2. The van der Waals surface area contributed by atoms with Gasteiger partial charge in [-0.2, -0.15) is 5.10 Å². The Morgan fingerprint density at radius 3 is 2.68 bits per heavy atom. The van der Waals surface area contributed by atoms with E-state index in [9.17, 15) is 14.4 Å². The van der Waals surface area contributed by atoms with E-state index in [-0.39, 0.29) is 35.7 Å². The van der Waals surface area contributed by atoms with Crippen LogP contribution in [0.5, 0.6) is 0 Å². The van der Waals surface area contributed by atoms with Crippen LogP contribution in [-0.2, 0) is 24.3 Å². The highest BCUT2D eigenvalue weighted by Gasteiger charge is 2.46. The van der Waals surface area contributed by atoms with E-state index < -0.39 is 5.54 Å². The Bertz CT molecular complexity index is 1490. The number of amides is 3. The molecule has 1 atom stereocenters. The summed E-state index contributed by atoms with van der Waals surface area (Å²) in [5.74, 6) is -0.999. The molecule has 9 heteroatoms. The molecule has 0 fully saturated rings. The molecule has 9 nitrogen and oxygen atoms in total. The van der Waals surface area contributed by atoms with Gasteiger partial charge in [-0.05, 0) is 43.5 Å². The topological polar surface area (TPSA) is 112 Å². The highest BCUT2D eigenvalue weighted by atomic mass is 16.2. The van der Waals surface area contributed by atoms with Gasteiger partial charge in [-0.1, -0.05) is 42.0 Å². The smallest absolute Gasteiger partial charge is 0.272 e. The summed E-state index contributed by atoms with van der Waals surface area (Å²) < 4.78 is 1.46. The van der Waals surface area contributed by atoms with Crippen LogP contribution in [0.2, 0.25) is 0 Å². The highest BCUT2D eigenvalue weighted by molar-refractivity contribution is 6.01. The number of rotatable bonds is 7. The Kier molecular flexibility index (Phi) is 6.29. The van der Waals surface area contributed by atoms with Crippen molar-refractivity contribution in [2.45, 2.75) is 38.9 Å². The first-order valence-corrected chi connectivity index (χ1v) is 12.3. The minimum absolute atomic E-state index is 0.146. The van der Waals surface area contributed by atoms with Gasteiger partial charge in [0.1, 0.15) is 11.2 Å². The van der Waals surface area contributed by atoms with Gasteiger partial charge in [-0.25, -0.2) is 0 Å². The minimum atomic E-state index is -1.15. The molecule has 3 N–H and O–H groups in total. The molecule has 4 aromatic rings. The van der Waals surface area contributed by atoms with Gasteiger partial charge in [-0.3, -0.25) is 19.1 Å². The number of aromatic amines is 1. The molecule has 0 saturated carbocycles. The summed E-state index contributed by atoms with van der Waals surface area (Å²) in [6.45, 7) is 4.68. The third-order valence-electron chi connectivity index (χ3n) is 7.12. The molecular weight excluding hydrogens is 468 g/mol. The number of H-pyrrole nitrogens is 1. The number of benzene rings is 2. The molecule has 1 aliphatic heterocycles. The number of hydrogen-bond donors (Lipinski definition) is 3. The zero-order chi connectivity index (χ0) is 26.2. The fourth-order valence-corrected chi connectivity index (χ4v) is 4.71. The van der Waals surface area contributed by atoms with Crippen LogP contribution in [0.4, 0.5) is 0 Å². The second-order valence-corrected chi connectivity index (χ2v) is 9.75. The van der Waals surface area contributed by atoms with Crippen LogP contribution < -0.4 is 10.6 Å². The van der Waals surface area contributed by atoms with Crippen LogP contribution in [0, 0.1) is 6.92 Å². The Balaban J connectivity index is 1.25. The molecule has 0 saturated heterocycles. The fourth-order valence-electron chi connectivity index (χ4n) is 4.71. The number of nitrogens with zero attached hydrogens (tertiary/aromatic N) is 3. The molecule has 3 heterocycles. The maximum absolute atomic E-state index is 13.1. The second-order valence-electron chi connectivity index (χ2n) is 9.75. The highest BCUT2D eigenvalue weighted by Crippen LogP contribution is 2.26. The molecule has 37 heavy (non-hydrogen) atoms. The standard InChI is InChI=1S/C28H30N6O3/c1-18-9-10-22-21(13-18)20(16-30-22)11-12-29-25(35)23-14-24-26(36)33(3)28(2,17-34(24)32-23)27(37)31-15-19-7-5-4-6-8-19/h4-10,13-14,16,30H,11-12,15,17H2,1-3H3,(H,29,35)(H,31,37)/t28-/m0/s1. The number of hydrogen-bond acceptors (Lipinski definition) is 4. The van der Waals surface area contributed by atoms with E-state index >= 15 is 0 Å². The second kappa shape index (κ2) is 9.57. The predicted molar refractivity (Wildman–Crippen MR) is 140 cm³/mol. The number of aromatic nitrogens is 3. The van der Waals surface area contributed by atoms with Crippen LogP contribution in [0.25, 0.3) is 10.9 Å². The number of likely N-dealkylation sites (N-methyl/N-ethyl adjacent to an activating group) is 1. The third-order valence-corrected chi connectivity index (χ3v) is 7.12. The summed E-state index contributed by atoms with van der Waals surface area (Å²) in [7, 11) is 1.60. The summed E-state index contributed by atoms with van der Waals surface area (Å²) in [6, 6.07) is 17.3. The third kappa shape index (κ3) is 4.60. The van der Waals surface area contributed by atoms with E-state index in [1.807, 2.05) is 42.6 Å². The largest absolute Gasteiger partial charge is 0.361 e. The molecule has 3 amide bonds. The minimum Gasteiger partial charge on any atom is -0.361 e. The van der Waals surface area contributed by atoms with E-state index in [1.54, 1.807) is 14.0 Å². The molecule has 190 valence electrons. The van der Waals surface area contributed by atoms with Gasteiger partial charge in [0.15, 0.2) is 5.69 Å².